The smallest absolute Gasteiger partial charge is 0.329 e. The average molecular weight is 470 g/mol. The van der Waals surface area contributed by atoms with Crippen molar-refractivity contribution < 1.29 is 14.3 Å². The molecule has 2 amide bonds. The van der Waals surface area contributed by atoms with Crippen molar-refractivity contribution in [3.8, 4) is 5.75 Å². The van der Waals surface area contributed by atoms with Gasteiger partial charge in [-0.05, 0) is 47.9 Å². The molecule has 6 nitrogen and oxygen atoms in total. The van der Waals surface area contributed by atoms with Crippen molar-refractivity contribution in [3.05, 3.63) is 93.5 Å². The van der Waals surface area contributed by atoms with Crippen LogP contribution in [0.5, 0.6) is 5.75 Å². The topological polar surface area (TPSA) is 79.8 Å². The van der Waals surface area contributed by atoms with E-state index in [-0.39, 0.29) is 6.61 Å². The number of benzene rings is 3. The minimum absolute atomic E-state index is 0.204. The van der Waals surface area contributed by atoms with Gasteiger partial charge in [0.25, 0.3) is 0 Å². The van der Waals surface area contributed by atoms with Crippen molar-refractivity contribution in [1.82, 2.24) is 5.43 Å². The van der Waals surface area contributed by atoms with Crippen LogP contribution in [0.2, 0.25) is 10.0 Å². The number of rotatable bonds is 7. The molecule has 0 spiro atoms. The predicted octanol–water partition coefficient (Wildman–Crippen LogP) is 5.22. The fraction of sp³-hybridized carbons (Fsp3) is 0.125. The van der Waals surface area contributed by atoms with Crippen LogP contribution >= 0.6 is 23.2 Å². The van der Waals surface area contributed by atoms with Crippen molar-refractivity contribution in [3.63, 3.8) is 0 Å². The number of hydrazone groups is 1. The molecule has 0 bridgehead atoms. The van der Waals surface area contributed by atoms with Gasteiger partial charge in [0.2, 0.25) is 0 Å². The molecule has 164 valence electrons. The third kappa shape index (κ3) is 6.33. The summed E-state index contributed by atoms with van der Waals surface area (Å²) in [5.41, 5.74) is 5.12. The summed E-state index contributed by atoms with van der Waals surface area (Å²) < 4.78 is 5.77. The van der Waals surface area contributed by atoms with Crippen molar-refractivity contribution >= 4 is 46.9 Å². The highest BCUT2D eigenvalue weighted by molar-refractivity contribution is 6.39. The number of nitrogens with one attached hydrogen (secondary N) is 2. The van der Waals surface area contributed by atoms with Crippen molar-refractivity contribution in [2.24, 2.45) is 5.10 Å². The predicted molar refractivity (Wildman–Crippen MR) is 127 cm³/mol. The zero-order valence-electron chi connectivity index (χ0n) is 17.3. The van der Waals surface area contributed by atoms with Crippen molar-refractivity contribution in [1.29, 1.82) is 0 Å². The maximum Gasteiger partial charge on any atom is 0.329 e. The van der Waals surface area contributed by atoms with Gasteiger partial charge in [-0.15, -0.1) is 0 Å². The van der Waals surface area contributed by atoms with Crippen LogP contribution < -0.4 is 15.5 Å². The van der Waals surface area contributed by atoms with Gasteiger partial charge >= 0.3 is 11.8 Å². The lowest BCUT2D eigenvalue weighted by molar-refractivity contribution is -0.136. The molecule has 0 aliphatic heterocycles. The van der Waals surface area contributed by atoms with E-state index in [0.29, 0.717) is 32.6 Å². The molecule has 0 saturated heterocycles. The second-order valence-corrected chi connectivity index (χ2v) is 7.54. The lowest BCUT2D eigenvalue weighted by Crippen LogP contribution is -2.32. The zero-order chi connectivity index (χ0) is 22.9. The van der Waals surface area contributed by atoms with Crippen LogP contribution in [0.1, 0.15) is 23.6 Å². The second-order valence-electron chi connectivity index (χ2n) is 6.73. The molecule has 0 atom stereocenters. The molecule has 3 aromatic carbocycles. The van der Waals surface area contributed by atoms with E-state index in [1.165, 1.54) is 6.21 Å². The highest BCUT2D eigenvalue weighted by atomic mass is 35.5. The van der Waals surface area contributed by atoms with E-state index in [4.69, 9.17) is 27.9 Å². The molecule has 0 aliphatic rings. The van der Waals surface area contributed by atoms with Crippen LogP contribution in [0.3, 0.4) is 0 Å². The summed E-state index contributed by atoms with van der Waals surface area (Å²) in [6.45, 7) is 2.17. The highest BCUT2D eigenvalue weighted by Gasteiger charge is 2.14. The number of hydrogen-bond donors (Lipinski definition) is 2. The van der Waals surface area contributed by atoms with Gasteiger partial charge in [0.1, 0.15) is 12.4 Å². The molecule has 3 rings (SSSR count). The fourth-order valence-corrected chi connectivity index (χ4v) is 3.36. The van der Waals surface area contributed by atoms with Gasteiger partial charge in [0.05, 0.1) is 6.21 Å². The first kappa shape index (κ1) is 23.3. The van der Waals surface area contributed by atoms with E-state index in [1.54, 1.807) is 54.6 Å². The van der Waals surface area contributed by atoms with Gasteiger partial charge in [0.15, 0.2) is 0 Å². The number of ether oxygens (including phenoxy) is 1. The van der Waals surface area contributed by atoms with E-state index in [0.717, 1.165) is 12.0 Å². The number of carbonyl (C=O) groups excluding carboxylic acids is 2. The lowest BCUT2D eigenvalue weighted by atomic mass is 10.1. The number of amides is 2. The third-order valence-corrected chi connectivity index (χ3v) is 5.24. The maximum absolute atomic E-state index is 12.1. The number of aryl methyl sites for hydroxylation is 1. The molecule has 0 saturated carbocycles. The Morgan fingerprint density at radius 2 is 1.69 bits per heavy atom. The molecule has 0 heterocycles. The molecule has 0 aliphatic carbocycles. The number of halogens is 2. The molecule has 32 heavy (non-hydrogen) atoms. The minimum atomic E-state index is -0.868. The van der Waals surface area contributed by atoms with Crippen LogP contribution in [0.15, 0.2) is 71.8 Å². The largest absolute Gasteiger partial charge is 0.489 e. The van der Waals surface area contributed by atoms with Crippen LogP contribution in [-0.4, -0.2) is 18.0 Å². The summed E-state index contributed by atoms with van der Waals surface area (Å²) in [6.07, 6.45) is 2.15. The number of para-hydroxylation sites is 1. The molecule has 0 fully saturated rings. The van der Waals surface area contributed by atoms with Gasteiger partial charge in [-0.3, -0.25) is 9.59 Å². The number of hydrogen-bond acceptors (Lipinski definition) is 4. The van der Waals surface area contributed by atoms with Crippen LogP contribution in [0, 0.1) is 0 Å². The Kier molecular flexibility index (Phi) is 8.25. The summed E-state index contributed by atoms with van der Waals surface area (Å²) in [5.74, 6) is -1.09. The quantitative estimate of drug-likeness (QED) is 0.282. The molecule has 0 unspecified atom stereocenters. The summed E-state index contributed by atoms with van der Waals surface area (Å²) in [6, 6.07) is 19.6. The van der Waals surface area contributed by atoms with Crippen molar-refractivity contribution in [2.75, 3.05) is 5.32 Å². The van der Waals surface area contributed by atoms with Gasteiger partial charge < -0.3 is 10.1 Å². The molecule has 0 aromatic heterocycles. The van der Waals surface area contributed by atoms with E-state index in [2.05, 4.69) is 15.8 Å². The fourth-order valence-electron chi connectivity index (χ4n) is 2.86. The molecular weight excluding hydrogens is 449 g/mol. The lowest BCUT2D eigenvalue weighted by Gasteiger charge is -2.10. The normalized spacial score (nSPS) is 10.7. The first-order valence-corrected chi connectivity index (χ1v) is 10.6. The second kappa shape index (κ2) is 11.3. The van der Waals surface area contributed by atoms with E-state index in [1.807, 2.05) is 19.1 Å². The summed E-state index contributed by atoms with van der Waals surface area (Å²) in [7, 11) is 0. The molecule has 2 N–H and O–H groups in total. The Bertz CT molecular complexity index is 1130. The highest BCUT2D eigenvalue weighted by Crippen LogP contribution is 2.26. The van der Waals surface area contributed by atoms with Gasteiger partial charge in [-0.2, -0.15) is 5.10 Å². The Morgan fingerprint density at radius 1 is 0.969 bits per heavy atom. The summed E-state index contributed by atoms with van der Waals surface area (Å²) >= 11 is 12.3. The Morgan fingerprint density at radius 3 is 2.44 bits per heavy atom. The molecular formula is C24H21Cl2N3O3. The summed E-state index contributed by atoms with van der Waals surface area (Å²) in [5, 5.41) is 7.50. The standard InChI is InChI=1S/C24H21Cl2N3O3/c1-2-17-8-3-4-12-22(17)28-23(30)24(31)29-27-14-16-7-5-9-18(13-16)32-15-19-20(25)10-6-11-21(19)26/h3-14H,2,15H2,1H3,(H,28,30)(H,29,31)/b27-14+. The number of anilines is 1. The van der Waals surface area contributed by atoms with Gasteiger partial charge in [0, 0.05) is 21.3 Å². The van der Waals surface area contributed by atoms with E-state index < -0.39 is 11.8 Å². The van der Waals surface area contributed by atoms with E-state index >= 15 is 0 Å². The van der Waals surface area contributed by atoms with E-state index in [9.17, 15) is 9.59 Å². The number of nitrogens with zero attached hydrogens (tertiary/aromatic N) is 1. The zero-order valence-corrected chi connectivity index (χ0v) is 18.8. The first-order chi connectivity index (χ1) is 15.5. The van der Waals surface area contributed by atoms with Crippen LogP contribution in [-0.2, 0) is 22.6 Å². The van der Waals surface area contributed by atoms with Crippen LogP contribution in [0.4, 0.5) is 5.69 Å². The SMILES string of the molecule is CCc1ccccc1NC(=O)C(=O)N/N=C/c1cccc(OCc2c(Cl)cccc2Cl)c1. The Labute approximate surface area is 196 Å². The van der Waals surface area contributed by atoms with Crippen LogP contribution in [0.25, 0.3) is 0 Å². The molecule has 8 heteroatoms. The molecule has 3 aromatic rings. The first-order valence-electron chi connectivity index (χ1n) is 9.86. The van der Waals surface area contributed by atoms with Gasteiger partial charge in [-0.25, -0.2) is 5.43 Å². The summed E-state index contributed by atoms with van der Waals surface area (Å²) in [4.78, 5) is 24.2. The molecule has 0 radical (unpaired) electrons. The maximum atomic E-state index is 12.1. The average Bonchev–Trinajstić information content (AvgIpc) is 2.79. The monoisotopic (exact) mass is 469 g/mol. The minimum Gasteiger partial charge on any atom is -0.489 e. The Hall–Kier alpha value is -3.35. The Balaban J connectivity index is 1.56. The van der Waals surface area contributed by atoms with Gasteiger partial charge in [-0.1, -0.05) is 66.5 Å². The van der Waals surface area contributed by atoms with Crippen molar-refractivity contribution in [2.45, 2.75) is 20.0 Å². The number of carbonyl (C=O) groups is 2. The third-order valence-electron chi connectivity index (χ3n) is 4.54.